The molecule has 0 fully saturated rings. The van der Waals surface area contributed by atoms with E-state index < -0.39 is 0 Å². The van der Waals surface area contributed by atoms with Gasteiger partial charge in [-0.05, 0) is 55.5 Å². The Labute approximate surface area is 126 Å². The van der Waals surface area contributed by atoms with Gasteiger partial charge < -0.3 is 5.32 Å². The average Bonchev–Trinajstić information content (AvgIpc) is 2.52. The molecule has 1 aliphatic carbocycles. The summed E-state index contributed by atoms with van der Waals surface area (Å²) in [5.41, 5.74) is 5.18. The summed E-state index contributed by atoms with van der Waals surface area (Å²) in [5, 5.41) is 3.66. The summed E-state index contributed by atoms with van der Waals surface area (Å²) in [5.74, 6) is 0.443. The Morgan fingerprint density at radius 1 is 1.38 bits per heavy atom. The summed E-state index contributed by atoms with van der Waals surface area (Å²) in [6.07, 6.45) is 9.43. The highest BCUT2D eigenvalue weighted by molar-refractivity contribution is 5.31. The van der Waals surface area contributed by atoms with Crippen LogP contribution in [0.1, 0.15) is 54.1 Å². The van der Waals surface area contributed by atoms with Crippen molar-refractivity contribution in [3.63, 3.8) is 0 Å². The van der Waals surface area contributed by atoms with Crippen LogP contribution in [-0.2, 0) is 6.42 Å². The number of hydrogen-bond acceptors (Lipinski definition) is 3. The van der Waals surface area contributed by atoms with Crippen molar-refractivity contribution in [2.75, 3.05) is 6.54 Å². The van der Waals surface area contributed by atoms with Crippen LogP contribution >= 0.6 is 0 Å². The van der Waals surface area contributed by atoms with Crippen molar-refractivity contribution >= 4 is 0 Å². The van der Waals surface area contributed by atoms with Gasteiger partial charge >= 0.3 is 0 Å². The lowest BCUT2D eigenvalue weighted by Crippen LogP contribution is -2.30. The first-order chi connectivity index (χ1) is 10.3. The molecule has 0 bridgehead atoms. The molecule has 0 aromatic carbocycles. The molecule has 3 rings (SSSR count). The molecule has 1 N–H and O–H groups in total. The Morgan fingerprint density at radius 2 is 2.29 bits per heavy atom. The number of aromatic nitrogens is 2. The van der Waals surface area contributed by atoms with Gasteiger partial charge in [0.1, 0.15) is 0 Å². The fourth-order valence-corrected chi connectivity index (χ4v) is 3.43. The van der Waals surface area contributed by atoms with Crippen LogP contribution in [0.4, 0.5) is 0 Å². The highest BCUT2D eigenvalue weighted by atomic mass is 14.9. The molecule has 0 saturated heterocycles. The third kappa shape index (κ3) is 2.98. The molecule has 1 aliphatic rings. The van der Waals surface area contributed by atoms with Gasteiger partial charge in [0.05, 0.1) is 0 Å². The zero-order valence-corrected chi connectivity index (χ0v) is 12.8. The molecule has 0 spiro atoms. The van der Waals surface area contributed by atoms with E-state index in [2.05, 4.69) is 42.3 Å². The van der Waals surface area contributed by atoms with E-state index in [9.17, 15) is 0 Å². The molecule has 2 atom stereocenters. The first kappa shape index (κ1) is 14.2. The summed E-state index contributed by atoms with van der Waals surface area (Å²) in [6.45, 7) is 5.22. The third-order valence-electron chi connectivity index (χ3n) is 4.32. The lowest BCUT2D eigenvalue weighted by atomic mass is 9.79. The van der Waals surface area contributed by atoms with Gasteiger partial charge in [-0.3, -0.25) is 9.97 Å². The van der Waals surface area contributed by atoms with Crippen molar-refractivity contribution < 1.29 is 0 Å². The van der Waals surface area contributed by atoms with Crippen molar-refractivity contribution in [1.82, 2.24) is 15.3 Å². The van der Waals surface area contributed by atoms with E-state index in [1.165, 1.54) is 35.2 Å². The van der Waals surface area contributed by atoms with Gasteiger partial charge in [-0.2, -0.15) is 0 Å². The molecule has 3 nitrogen and oxygen atoms in total. The molecule has 110 valence electrons. The first-order valence-corrected chi connectivity index (χ1v) is 7.88. The van der Waals surface area contributed by atoms with Crippen molar-refractivity contribution in [2.45, 2.75) is 45.1 Å². The van der Waals surface area contributed by atoms with E-state index in [4.69, 9.17) is 4.98 Å². The third-order valence-corrected chi connectivity index (χ3v) is 4.32. The Morgan fingerprint density at radius 3 is 3.10 bits per heavy atom. The largest absolute Gasteiger partial charge is 0.310 e. The van der Waals surface area contributed by atoms with Crippen LogP contribution in [0.5, 0.6) is 0 Å². The van der Waals surface area contributed by atoms with Crippen molar-refractivity contribution in [2.24, 2.45) is 0 Å². The van der Waals surface area contributed by atoms with E-state index in [-0.39, 0.29) is 0 Å². The van der Waals surface area contributed by atoms with Gasteiger partial charge in [0.25, 0.3) is 0 Å². The van der Waals surface area contributed by atoms with Crippen LogP contribution in [0.2, 0.25) is 0 Å². The number of nitrogens with zero attached hydrogens (tertiary/aromatic N) is 2. The minimum atomic E-state index is 0.302. The summed E-state index contributed by atoms with van der Waals surface area (Å²) in [7, 11) is 0. The molecule has 3 heteroatoms. The molecule has 0 amide bonds. The molecular formula is C18H23N3. The number of hydrogen-bond donors (Lipinski definition) is 1. The van der Waals surface area contributed by atoms with Gasteiger partial charge in [-0.1, -0.05) is 19.1 Å². The minimum absolute atomic E-state index is 0.302. The second-order valence-electron chi connectivity index (χ2n) is 5.88. The lowest BCUT2D eigenvalue weighted by molar-refractivity contribution is 0.400. The first-order valence-electron chi connectivity index (χ1n) is 7.88. The standard InChI is InChI=1S/C18H23N3/c1-3-20-18(15-10-13(2)11-19-12-15)16-8-4-6-14-7-5-9-21-17(14)16/h5,7,9-12,16,18,20H,3-4,6,8H2,1-2H3. The van der Waals surface area contributed by atoms with Gasteiger partial charge in [-0.25, -0.2) is 0 Å². The van der Waals surface area contributed by atoms with Gasteiger partial charge in [0.15, 0.2) is 0 Å². The summed E-state index contributed by atoms with van der Waals surface area (Å²) in [6, 6.07) is 6.83. The topological polar surface area (TPSA) is 37.8 Å². The van der Waals surface area contributed by atoms with Crippen LogP contribution in [0.15, 0.2) is 36.8 Å². The maximum atomic E-state index is 4.69. The molecule has 21 heavy (non-hydrogen) atoms. The number of pyridine rings is 2. The number of likely N-dealkylation sites (N-methyl/N-ethyl adjacent to an activating group) is 1. The molecule has 0 aliphatic heterocycles. The second kappa shape index (κ2) is 6.35. The predicted octanol–water partition coefficient (Wildman–Crippen LogP) is 3.56. The SMILES string of the molecule is CCNC(c1cncc(C)c1)C1CCCc2cccnc21. The van der Waals surface area contributed by atoms with Crippen molar-refractivity contribution in [3.05, 3.63) is 59.2 Å². The van der Waals surface area contributed by atoms with Gasteiger partial charge in [0.2, 0.25) is 0 Å². The van der Waals surface area contributed by atoms with Crippen LogP contribution in [0, 0.1) is 6.92 Å². The Balaban J connectivity index is 1.99. The maximum absolute atomic E-state index is 4.69. The van der Waals surface area contributed by atoms with E-state index in [0.717, 1.165) is 13.0 Å². The van der Waals surface area contributed by atoms with E-state index >= 15 is 0 Å². The summed E-state index contributed by atoms with van der Waals surface area (Å²) in [4.78, 5) is 9.07. The van der Waals surface area contributed by atoms with Crippen LogP contribution in [-0.4, -0.2) is 16.5 Å². The second-order valence-corrected chi connectivity index (χ2v) is 5.88. The number of aryl methyl sites for hydroxylation is 2. The van der Waals surface area contributed by atoms with E-state index in [1.54, 1.807) is 0 Å². The minimum Gasteiger partial charge on any atom is -0.310 e. The average molecular weight is 281 g/mol. The number of nitrogens with one attached hydrogen (secondary N) is 1. The molecule has 0 saturated carbocycles. The van der Waals surface area contributed by atoms with Crippen LogP contribution in [0.3, 0.4) is 0 Å². The Hall–Kier alpha value is -1.74. The van der Waals surface area contributed by atoms with E-state index in [1.807, 2.05) is 18.6 Å². The van der Waals surface area contributed by atoms with Crippen LogP contribution < -0.4 is 5.32 Å². The number of rotatable bonds is 4. The fourth-order valence-electron chi connectivity index (χ4n) is 3.43. The molecule has 2 aromatic heterocycles. The fraction of sp³-hybridized carbons (Fsp3) is 0.444. The number of fused-ring (bicyclic) bond motifs is 1. The van der Waals surface area contributed by atoms with Gasteiger partial charge in [-0.15, -0.1) is 0 Å². The smallest absolute Gasteiger partial charge is 0.0485 e. The molecule has 2 aromatic rings. The normalized spacial score (nSPS) is 19.0. The zero-order valence-electron chi connectivity index (χ0n) is 12.8. The van der Waals surface area contributed by atoms with Crippen LogP contribution in [0.25, 0.3) is 0 Å². The molecule has 0 radical (unpaired) electrons. The predicted molar refractivity (Wildman–Crippen MR) is 85.3 cm³/mol. The molecule has 2 unspecified atom stereocenters. The van der Waals surface area contributed by atoms with Gasteiger partial charge in [0, 0.05) is 36.2 Å². The highest BCUT2D eigenvalue weighted by Crippen LogP contribution is 2.39. The highest BCUT2D eigenvalue weighted by Gasteiger charge is 2.29. The van der Waals surface area contributed by atoms with Crippen molar-refractivity contribution in [1.29, 1.82) is 0 Å². The monoisotopic (exact) mass is 281 g/mol. The molecular weight excluding hydrogens is 258 g/mol. The quantitative estimate of drug-likeness (QED) is 0.931. The van der Waals surface area contributed by atoms with Crippen molar-refractivity contribution in [3.8, 4) is 0 Å². The van der Waals surface area contributed by atoms with E-state index in [0.29, 0.717) is 12.0 Å². The lowest BCUT2D eigenvalue weighted by Gasteiger charge is -2.32. The summed E-state index contributed by atoms with van der Waals surface area (Å²) < 4.78 is 0. The molecule has 2 heterocycles. The Bertz CT molecular complexity index is 609. The zero-order chi connectivity index (χ0) is 14.7. The maximum Gasteiger partial charge on any atom is 0.0485 e. The summed E-state index contributed by atoms with van der Waals surface area (Å²) >= 11 is 0. The Kier molecular flexibility index (Phi) is 4.30.